The highest BCUT2D eigenvalue weighted by atomic mass is 16.1. The van der Waals surface area contributed by atoms with Gasteiger partial charge in [0.2, 0.25) is 0 Å². The minimum absolute atomic E-state index is 0.00246. The predicted octanol–water partition coefficient (Wildman–Crippen LogP) is 2.97. The van der Waals surface area contributed by atoms with Crippen LogP contribution in [0.15, 0.2) is 59.7 Å². The molecule has 1 aliphatic rings. The van der Waals surface area contributed by atoms with Crippen LogP contribution in [0.3, 0.4) is 0 Å². The van der Waals surface area contributed by atoms with E-state index in [9.17, 15) is 4.79 Å². The van der Waals surface area contributed by atoms with Gasteiger partial charge in [0.25, 0.3) is 5.56 Å². The number of hydrogen-bond donors (Lipinski definition) is 0. The van der Waals surface area contributed by atoms with Crippen LogP contribution in [0.2, 0.25) is 0 Å². The Bertz CT molecular complexity index is 1130. The molecule has 0 unspecified atom stereocenters. The normalized spacial score (nSPS) is 12.5. The van der Waals surface area contributed by atoms with Crippen LogP contribution in [0.25, 0.3) is 33.1 Å². The molecule has 4 aromatic rings. The monoisotopic (exact) mass is 285 g/mol. The minimum Gasteiger partial charge on any atom is -0.302 e. The van der Waals surface area contributed by atoms with Crippen molar-refractivity contribution in [2.45, 2.75) is 6.54 Å². The van der Waals surface area contributed by atoms with Crippen molar-refractivity contribution in [3.63, 3.8) is 0 Å². The van der Waals surface area contributed by atoms with Gasteiger partial charge in [0.1, 0.15) is 0 Å². The Labute approximate surface area is 125 Å². The van der Waals surface area contributed by atoms with Crippen molar-refractivity contribution >= 4 is 21.7 Å². The maximum atomic E-state index is 12.7. The highest BCUT2D eigenvalue weighted by Gasteiger charge is 2.22. The molecule has 0 aliphatic carbocycles. The van der Waals surface area contributed by atoms with Gasteiger partial charge >= 0.3 is 0 Å². The molecule has 22 heavy (non-hydrogen) atoms. The minimum atomic E-state index is 0.00246. The molecule has 4 heterocycles. The van der Waals surface area contributed by atoms with E-state index in [1.165, 1.54) is 0 Å². The molecule has 3 aromatic heterocycles. The first-order valence-electron chi connectivity index (χ1n) is 7.18. The van der Waals surface area contributed by atoms with Gasteiger partial charge in [-0.15, -0.1) is 0 Å². The third-order valence-corrected chi connectivity index (χ3v) is 4.29. The van der Waals surface area contributed by atoms with Crippen molar-refractivity contribution in [2.24, 2.45) is 0 Å². The number of rotatable bonds is 0. The van der Waals surface area contributed by atoms with Gasteiger partial charge in [0.15, 0.2) is 0 Å². The van der Waals surface area contributed by atoms with E-state index in [-0.39, 0.29) is 5.56 Å². The molecular weight excluding hydrogens is 274 g/mol. The summed E-state index contributed by atoms with van der Waals surface area (Å²) in [6.45, 7) is 0.576. The zero-order valence-corrected chi connectivity index (χ0v) is 11.7. The summed E-state index contributed by atoms with van der Waals surface area (Å²) in [6.07, 6.45) is 3.35. The van der Waals surface area contributed by atoms with Gasteiger partial charge < -0.3 is 4.57 Å². The molecule has 1 aromatic carbocycles. The fourth-order valence-corrected chi connectivity index (χ4v) is 3.22. The van der Waals surface area contributed by atoms with Gasteiger partial charge in [0.05, 0.1) is 28.8 Å². The number of hydrogen-bond acceptors (Lipinski definition) is 3. The van der Waals surface area contributed by atoms with Crippen molar-refractivity contribution in [3.8, 4) is 11.4 Å². The Morgan fingerprint density at radius 1 is 1.05 bits per heavy atom. The van der Waals surface area contributed by atoms with Crippen molar-refractivity contribution in [1.82, 2.24) is 14.5 Å². The maximum Gasteiger partial charge on any atom is 0.260 e. The molecule has 0 spiro atoms. The van der Waals surface area contributed by atoms with E-state index in [4.69, 9.17) is 4.98 Å². The Morgan fingerprint density at radius 3 is 2.91 bits per heavy atom. The summed E-state index contributed by atoms with van der Waals surface area (Å²) in [4.78, 5) is 21.5. The fraction of sp³-hybridized carbons (Fsp3) is 0.0556. The SMILES string of the molecule is O=c1c2cnccc2cc2n1Cc1cc3ccccc3nc1-2. The summed E-state index contributed by atoms with van der Waals surface area (Å²) < 4.78 is 1.79. The third-order valence-electron chi connectivity index (χ3n) is 4.29. The number of nitrogens with zero attached hydrogens (tertiary/aromatic N) is 3. The van der Waals surface area contributed by atoms with Gasteiger partial charge in [-0.05, 0) is 29.7 Å². The van der Waals surface area contributed by atoms with Crippen molar-refractivity contribution in [2.75, 3.05) is 0 Å². The second-order valence-electron chi connectivity index (χ2n) is 5.57. The zero-order valence-electron chi connectivity index (χ0n) is 11.7. The molecule has 0 N–H and O–H groups in total. The second kappa shape index (κ2) is 4.01. The van der Waals surface area contributed by atoms with E-state index in [1.54, 1.807) is 17.0 Å². The fourth-order valence-electron chi connectivity index (χ4n) is 3.22. The van der Waals surface area contributed by atoms with E-state index < -0.39 is 0 Å². The van der Waals surface area contributed by atoms with Crippen LogP contribution in [0.1, 0.15) is 5.56 Å². The molecule has 4 nitrogen and oxygen atoms in total. The van der Waals surface area contributed by atoms with E-state index in [2.05, 4.69) is 17.1 Å². The van der Waals surface area contributed by atoms with E-state index in [1.807, 2.05) is 30.3 Å². The quantitative estimate of drug-likeness (QED) is 0.439. The van der Waals surface area contributed by atoms with E-state index >= 15 is 0 Å². The summed E-state index contributed by atoms with van der Waals surface area (Å²) in [5.41, 5.74) is 3.86. The maximum absolute atomic E-state index is 12.7. The molecule has 0 atom stereocenters. The standard InChI is InChI=1S/C18H11N3O/c22-18-14-9-19-6-5-11(14)8-16-17-13(10-21(16)18)7-12-3-1-2-4-15(12)20-17/h1-9H,10H2. The van der Waals surface area contributed by atoms with Crippen LogP contribution >= 0.6 is 0 Å². The lowest BCUT2D eigenvalue weighted by atomic mass is 10.1. The van der Waals surface area contributed by atoms with Crippen molar-refractivity contribution in [3.05, 3.63) is 70.8 Å². The Hall–Kier alpha value is -3.01. The zero-order chi connectivity index (χ0) is 14.7. The topological polar surface area (TPSA) is 47.8 Å². The van der Waals surface area contributed by atoms with Gasteiger partial charge in [-0.1, -0.05) is 18.2 Å². The summed E-state index contributed by atoms with van der Waals surface area (Å²) in [6, 6.07) is 14.1. The van der Waals surface area contributed by atoms with Gasteiger partial charge in [-0.2, -0.15) is 0 Å². The van der Waals surface area contributed by atoms with Crippen LogP contribution in [0.5, 0.6) is 0 Å². The Kier molecular flexibility index (Phi) is 2.12. The Morgan fingerprint density at radius 2 is 1.95 bits per heavy atom. The average Bonchev–Trinajstić information content (AvgIpc) is 2.91. The van der Waals surface area contributed by atoms with Crippen LogP contribution in [0.4, 0.5) is 0 Å². The van der Waals surface area contributed by atoms with Gasteiger partial charge in [0, 0.05) is 23.3 Å². The average molecular weight is 285 g/mol. The number of fused-ring (bicyclic) bond motifs is 5. The molecule has 0 fully saturated rings. The van der Waals surface area contributed by atoms with Gasteiger partial charge in [-0.3, -0.25) is 9.78 Å². The van der Waals surface area contributed by atoms with Crippen molar-refractivity contribution in [1.29, 1.82) is 0 Å². The second-order valence-corrected chi connectivity index (χ2v) is 5.57. The lowest BCUT2D eigenvalue weighted by Crippen LogP contribution is -2.18. The van der Waals surface area contributed by atoms with Crippen LogP contribution in [-0.4, -0.2) is 14.5 Å². The molecule has 1 aliphatic heterocycles. The molecule has 0 amide bonds. The Balaban J connectivity index is 1.90. The summed E-state index contributed by atoms with van der Waals surface area (Å²) in [5, 5.41) is 2.67. The smallest absolute Gasteiger partial charge is 0.260 e. The highest BCUT2D eigenvalue weighted by molar-refractivity contribution is 5.88. The van der Waals surface area contributed by atoms with Crippen LogP contribution in [-0.2, 0) is 6.54 Å². The molecule has 0 radical (unpaired) electrons. The first kappa shape index (κ1) is 11.6. The summed E-state index contributed by atoms with van der Waals surface area (Å²) in [7, 11) is 0. The van der Waals surface area contributed by atoms with E-state index in [0.717, 1.165) is 33.2 Å². The largest absolute Gasteiger partial charge is 0.302 e. The summed E-state index contributed by atoms with van der Waals surface area (Å²) in [5.74, 6) is 0. The molecule has 4 heteroatoms. The number of aromatic nitrogens is 3. The number of benzene rings is 1. The lowest BCUT2D eigenvalue weighted by Gasteiger charge is -2.05. The van der Waals surface area contributed by atoms with Gasteiger partial charge in [-0.25, -0.2) is 4.98 Å². The van der Waals surface area contributed by atoms with Crippen LogP contribution in [0, 0.1) is 0 Å². The first-order chi connectivity index (χ1) is 10.8. The molecule has 0 saturated carbocycles. The lowest BCUT2D eigenvalue weighted by molar-refractivity contribution is 0.813. The predicted molar refractivity (Wildman–Crippen MR) is 85.8 cm³/mol. The van der Waals surface area contributed by atoms with E-state index in [0.29, 0.717) is 11.9 Å². The molecule has 104 valence electrons. The first-order valence-corrected chi connectivity index (χ1v) is 7.18. The van der Waals surface area contributed by atoms with Crippen LogP contribution < -0.4 is 5.56 Å². The number of pyridine rings is 3. The molecular formula is C18H11N3O. The highest BCUT2D eigenvalue weighted by Crippen LogP contribution is 2.32. The number of para-hydroxylation sites is 1. The molecule has 0 bridgehead atoms. The summed E-state index contributed by atoms with van der Waals surface area (Å²) >= 11 is 0. The molecule has 5 rings (SSSR count). The van der Waals surface area contributed by atoms with Crippen molar-refractivity contribution < 1.29 is 0 Å². The molecule has 0 saturated heterocycles. The third kappa shape index (κ3) is 1.44.